The number of anilines is 1. The topological polar surface area (TPSA) is 128 Å². The van der Waals surface area contributed by atoms with Gasteiger partial charge in [-0.3, -0.25) is 19.9 Å². The summed E-state index contributed by atoms with van der Waals surface area (Å²) in [6, 6.07) is 22.2. The van der Waals surface area contributed by atoms with Crippen molar-refractivity contribution in [3.05, 3.63) is 118 Å². The second-order valence-corrected chi connectivity index (χ2v) is 11.1. The van der Waals surface area contributed by atoms with Crippen LogP contribution in [0.5, 0.6) is 0 Å². The summed E-state index contributed by atoms with van der Waals surface area (Å²) in [6.45, 7) is 6.18. The third-order valence-electron chi connectivity index (χ3n) is 7.84. The van der Waals surface area contributed by atoms with E-state index in [1.54, 1.807) is 48.9 Å². The van der Waals surface area contributed by atoms with E-state index in [-0.39, 0.29) is 0 Å². The number of hydrogen-bond acceptors (Lipinski definition) is 10. The van der Waals surface area contributed by atoms with E-state index in [2.05, 4.69) is 49.7 Å². The van der Waals surface area contributed by atoms with Gasteiger partial charge in [-0.05, 0) is 55.3 Å². The van der Waals surface area contributed by atoms with Crippen LogP contribution < -0.4 is 16.2 Å². The number of aromatic nitrogens is 5. The average molecular weight is 623 g/mol. The summed E-state index contributed by atoms with van der Waals surface area (Å²) >= 11 is 0. The summed E-state index contributed by atoms with van der Waals surface area (Å²) in [4.78, 5) is 50.7. The fourth-order valence-electron chi connectivity index (χ4n) is 5.54. The lowest BCUT2D eigenvalue weighted by Crippen LogP contribution is -2.24. The minimum absolute atomic E-state index is 0.330. The first kappa shape index (κ1) is 29.7. The van der Waals surface area contributed by atoms with Crippen molar-refractivity contribution in [3.8, 4) is 45.3 Å². The molecule has 0 amide bonds. The second-order valence-electron chi connectivity index (χ2n) is 11.1. The molecule has 0 radical (unpaired) electrons. The molecule has 10 heteroatoms. The lowest BCUT2D eigenvalue weighted by molar-refractivity contribution is 0.562. The Labute approximate surface area is 269 Å². The van der Waals surface area contributed by atoms with Gasteiger partial charge in [-0.15, -0.1) is 0 Å². The number of benzene rings is 2. The first-order chi connectivity index (χ1) is 23.0. The summed E-state index contributed by atoms with van der Waals surface area (Å²) in [5.41, 5.74) is 4.78. The molecule has 0 N–H and O–H groups in total. The zero-order valence-electron chi connectivity index (χ0n) is 25.9. The van der Waals surface area contributed by atoms with Gasteiger partial charge < -0.3 is 13.7 Å². The molecule has 232 valence electrons. The van der Waals surface area contributed by atoms with Crippen molar-refractivity contribution in [1.82, 2.24) is 24.9 Å². The lowest BCUT2D eigenvalue weighted by Gasteiger charge is -2.23. The molecule has 10 nitrogen and oxygen atoms in total. The highest BCUT2D eigenvalue weighted by molar-refractivity contribution is 5.84. The van der Waals surface area contributed by atoms with Gasteiger partial charge in [-0.25, -0.2) is 14.6 Å². The maximum atomic E-state index is 13.0. The van der Waals surface area contributed by atoms with Crippen molar-refractivity contribution in [3.63, 3.8) is 0 Å². The highest BCUT2D eigenvalue weighted by Crippen LogP contribution is 2.26. The molecule has 0 atom stereocenters. The lowest BCUT2D eigenvalue weighted by atomic mass is 10.1. The SMILES string of the molecule is CCCN(CCC)c1ccc2cc(-c3cnc(-c4cnc(-c5cccc(-c6cc7ccccc7oc6=O)n5)cn4)cn3)c(=O)oc2c1. The predicted molar refractivity (Wildman–Crippen MR) is 182 cm³/mol. The van der Waals surface area contributed by atoms with Crippen LogP contribution in [-0.2, 0) is 0 Å². The van der Waals surface area contributed by atoms with Crippen LogP contribution in [0.15, 0.2) is 116 Å². The van der Waals surface area contributed by atoms with Crippen molar-refractivity contribution >= 4 is 27.6 Å². The zero-order chi connectivity index (χ0) is 32.3. The minimum atomic E-state index is -0.477. The van der Waals surface area contributed by atoms with Gasteiger partial charge in [-0.1, -0.05) is 38.1 Å². The molecule has 47 heavy (non-hydrogen) atoms. The molecule has 0 saturated carbocycles. The molecule has 0 aliphatic heterocycles. The molecule has 0 unspecified atom stereocenters. The second kappa shape index (κ2) is 12.8. The largest absolute Gasteiger partial charge is 0.422 e. The first-order valence-electron chi connectivity index (χ1n) is 15.5. The molecule has 0 bridgehead atoms. The molecule has 7 rings (SSSR count). The fourth-order valence-corrected chi connectivity index (χ4v) is 5.54. The van der Waals surface area contributed by atoms with Crippen LogP contribution in [0.25, 0.3) is 67.2 Å². The number of pyridine rings is 1. The van der Waals surface area contributed by atoms with Gasteiger partial charge in [0.15, 0.2) is 0 Å². The summed E-state index contributed by atoms with van der Waals surface area (Å²) in [5.74, 6) is 0. The monoisotopic (exact) mass is 622 g/mol. The summed E-state index contributed by atoms with van der Waals surface area (Å²) in [6.07, 6.45) is 8.32. The Morgan fingerprint density at radius 2 is 1.11 bits per heavy atom. The maximum Gasteiger partial charge on any atom is 0.345 e. The predicted octanol–water partition coefficient (Wildman–Crippen LogP) is 7.17. The molecule has 5 aromatic heterocycles. The molecule has 7 aromatic rings. The molecule has 0 saturated heterocycles. The van der Waals surface area contributed by atoms with Crippen LogP contribution in [0.4, 0.5) is 5.69 Å². The van der Waals surface area contributed by atoms with E-state index in [4.69, 9.17) is 8.83 Å². The van der Waals surface area contributed by atoms with Gasteiger partial charge in [0.25, 0.3) is 0 Å². The van der Waals surface area contributed by atoms with E-state index in [1.807, 2.05) is 36.4 Å². The van der Waals surface area contributed by atoms with Gasteiger partial charge in [0.05, 0.1) is 53.0 Å². The van der Waals surface area contributed by atoms with Crippen LogP contribution in [0.3, 0.4) is 0 Å². The average Bonchev–Trinajstić information content (AvgIpc) is 3.11. The van der Waals surface area contributed by atoms with Gasteiger partial charge in [0.2, 0.25) is 0 Å². The Morgan fingerprint density at radius 1 is 0.553 bits per heavy atom. The number of para-hydroxylation sites is 1. The van der Waals surface area contributed by atoms with Gasteiger partial charge in [-0.2, -0.15) is 0 Å². The molecule has 0 spiro atoms. The molecule has 5 heterocycles. The summed E-state index contributed by atoms with van der Waals surface area (Å²) in [5, 5.41) is 1.62. The quantitative estimate of drug-likeness (QED) is 0.153. The van der Waals surface area contributed by atoms with Crippen molar-refractivity contribution in [2.24, 2.45) is 0 Å². The number of fused-ring (bicyclic) bond motifs is 2. The van der Waals surface area contributed by atoms with Crippen LogP contribution in [0, 0.1) is 0 Å². The Bertz CT molecular complexity index is 2330. The van der Waals surface area contributed by atoms with Crippen LogP contribution in [0.2, 0.25) is 0 Å². The normalized spacial score (nSPS) is 11.3. The third-order valence-corrected chi connectivity index (χ3v) is 7.84. The molecular formula is C37H30N6O4. The molecule has 0 aliphatic carbocycles. The van der Waals surface area contributed by atoms with E-state index in [0.29, 0.717) is 56.5 Å². The van der Waals surface area contributed by atoms with Crippen molar-refractivity contribution < 1.29 is 8.83 Å². The first-order valence-corrected chi connectivity index (χ1v) is 15.5. The Hall–Kier alpha value is -6.03. The smallest absolute Gasteiger partial charge is 0.345 e. The highest BCUT2D eigenvalue weighted by Gasteiger charge is 2.15. The van der Waals surface area contributed by atoms with Crippen molar-refractivity contribution in [1.29, 1.82) is 0 Å². The van der Waals surface area contributed by atoms with E-state index >= 15 is 0 Å². The molecule has 0 fully saturated rings. The maximum absolute atomic E-state index is 13.0. The van der Waals surface area contributed by atoms with Crippen LogP contribution in [0.1, 0.15) is 26.7 Å². The van der Waals surface area contributed by atoms with Crippen molar-refractivity contribution in [2.75, 3.05) is 18.0 Å². The molecule has 2 aromatic carbocycles. The fraction of sp³-hybridized carbons (Fsp3) is 0.162. The highest BCUT2D eigenvalue weighted by atomic mass is 16.4. The standard InChI is InChI=1S/C37H30N6O4/c1-3-14-43(15-4-2)25-13-12-24-17-27(37(45)47-35(24)18-25)30-19-39-32(21-38-30)33-22-40-31(20-41-33)29-10-7-9-28(42-29)26-16-23-8-5-6-11-34(23)46-36(26)44/h5-13,16-22H,3-4,14-15H2,1-2H3. The van der Waals surface area contributed by atoms with E-state index in [1.165, 1.54) is 6.20 Å². The number of rotatable bonds is 9. The van der Waals surface area contributed by atoms with Crippen LogP contribution >= 0.6 is 0 Å². The molecule has 0 aliphatic rings. The van der Waals surface area contributed by atoms with Gasteiger partial charge in [0.1, 0.15) is 28.2 Å². The number of nitrogens with zero attached hydrogens (tertiary/aromatic N) is 6. The van der Waals surface area contributed by atoms with Crippen molar-refractivity contribution in [2.45, 2.75) is 26.7 Å². The van der Waals surface area contributed by atoms with E-state index in [9.17, 15) is 9.59 Å². The zero-order valence-corrected chi connectivity index (χ0v) is 25.9. The van der Waals surface area contributed by atoms with E-state index < -0.39 is 11.3 Å². The molecular weight excluding hydrogens is 592 g/mol. The van der Waals surface area contributed by atoms with E-state index in [0.717, 1.165) is 42.4 Å². The Balaban J connectivity index is 1.12. The Kier molecular flexibility index (Phi) is 8.06. The number of hydrogen-bond donors (Lipinski definition) is 0. The third kappa shape index (κ3) is 6.00. The van der Waals surface area contributed by atoms with Gasteiger partial charge in [0, 0.05) is 35.6 Å². The minimum Gasteiger partial charge on any atom is -0.422 e. The summed E-state index contributed by atoms with van der Waals surface area (Å²) in [7, 11) is 0. The van der Waals surface area contributed by atoms with Crippen LogP contribution in [-0.4, -0.2) is 38.0 Å². The van der Waals surface area contributed by atoms with Gasteiger partial charge >= 0.3 is 11.3 Å². The Morgan fingerprint density at radius 3 is 1.77 bits per heavy atom. The summed E-state index contributed by atoms with van der Waals surface area (Å²) < 4.78 is 11.2.